The first-order valence-corrected chi connectivity index (χ1v) is 6.63. The van der Waals surface area contributed by atoms with E-state index >= 15 is 0 Å². The van der Waals surface area contributed by atoms with Crippen LogP contribution in [0.2, 0.25) is 0 Å². The lowest BCUT2D eigenvalue weighted by atomic mass is 10.1. The van der Waals surface area contributed by atoms with Crippen molar-refractivity contribution in [2.24, 2.45) is 4.99 Å². The summed E-state index contributed by atoms with van der Waals surface area (Å²) in [5.41, 5.74) is 1.60. The molecule has 0 amide bonds. The maximum absolute atomic E-state index is 9.84. The number of ether oxygens (including phenoxy) is 2. The fourth-order valence-corrected chi connectivity index (χ4v) is 2.65. The lowest BCUT2D eigenvalue weighted by Gasteiger charge is -2.24. The highest BCUT2D eigenvalue weighted by atomic mass is 16.5. The van der Waals surface area contributed by atoms with Crippen molar-refractivity contribution in [1.82, 2.24) is 0 Å². The molecule has 0 radical (unpaired) electrons. The van der Waals surface area contributed by atoms with Crippen LogP contribution < -0.4 is 14.5 Å². The molecule has 5 heteroatoms. The Labute approximate surface area is 112 Å². The Hall–Kier alpha value is -1.75. The van der Waals surface area contributed by atoms with Gasteiger partial charge in [-0.05, 0) is 25.7 Å². The minimum atomic E-state index is 0.272. The highest BCUT2D eigenvalue weighted by Crippen LogP contribution is 2.38. The van der Waals surface area contributed by atoms with E-state index in [1.165, 1.54) is 19.2 Å². The van der Waals surface area contributed by atoms with E-state index in [1.54, 1.807) is 13.2 Å². The number of rotatable bonds is 3. The van der Waals surface area contributed by atoms with E-state index in [0.717, 1.165) is 29.2 Å². The molecule has 1 aromatic rings. The molecule has 0 aromatic heterocycles. The van der Waals surface area contributed by atoms with Crippen LogP contribution in [0.5, 0.6) is 11.5 Å². The standard InChI is InChI=1S/C14H18N2O3/c1-18-11-6-13-12(8-15-9-16(13)17)14(7-11)19-10-4-2-3-5-10/h6-7,9-10,17H,2-5,8H2,1H3. The summed E-state index contributed by atoms with van der Waals surface area (Å²) in [7, 11) is 1.61. The first-order chi connectivity index (χ1) is 9.28. The van der Waals surface area contributed by atoms with Gasteiger partial charge in [0.15, 0.2) is 0 Å². The Morgan fingerprint density at radius 3 is 2.84 bits per heavy atom. The van der Waals surface area contributed by atoms with Gasteiger partial charge in [-0.15, -0.1) is 0 Å². The summed E-state index contributed by atoms with van der Waals surface area (Å²) >= 11 is 0. The number of benzene rings is 1. The third kappa shape index (κ3) is 2.38. The lowest BCUT2D eigenvalue weighted by molar-refractivity contribution is 0.206. The van der Waals surface area contributed by atoms with Crippen LogP contribution in [0.25, 0.3) is 0 Å². The van der Waals surface area contributed by atoms with E-state index in [9.17, 15) is 5.21 Å². The second-order valence-corrected chi connectivity index (χ2v) is 4.95. The summed E-state index contributed by atoms with van der Waals surface area (Å²) in [5, 5.41) is 10.9. The Balaban J connectivity index is 1.95. The van der Waals surface area contributed by atoms with Gasteiger partial charge < -0.3 is 9.47 Å². The Kier molecular flexibility index (Phi) is 3.29. The van der Waals surface area contributed by atoms with Gasteiger partial charge in [-0.1, -0.05) is 0 Å². The molecule has 19 heavy (non-hydrogen) atoms. The molecule has 1 aromatic carbocycles. The maximum atomic E-state index is 9.84. The number of anilines is 1. The predicted molar refractivity (Wildman–Crippen MR) is 72.3 cm³/mol. The second kappa shape index (κ2) is 5.09. The zero-order chi connectivity index (χ0) is 13.2. The van der Waals surface area contributed by atoms with Crippen molar-refractivity contribution in [3.05, 3.63) is 17.7 Å². The van der Waals surface area contributed by atoms with Crippen molar-refractivity contribution < 1.29 is 14.7 Å². The van der Waals surface area contributed by atoms with Crippen molar-refractivity contribution in [3.8, 4) is 11.5 Å². The van der Waals surface area contributed by atoms with Crippen molar-refractivity contribution >= 4 is 12.0 Å². The Morgan fingerprint density at radius 2 is 2.11 bits per heavy atom. The van der Waals surface area contributed by atoms with Crippen LogP contribution in [-0.4, -0.2) is 24.8 Å². The van der Waals surface area contributed by atoms with E-state index in [-0.39, 0.29) is 6.10 Å². The highest BCUT2D eigenvalue weighted by Gasteiger charge is 2.23. The number of aliphatic imine (C=N–C) groups is 1. The zero-order valence-corrected chi connectivity index (χ0v) is 11.0. The normalized spacial score (nSPS) is 18.5. The number of hydrogen-bond donors (Lipinski definition) is 1. The lowest BCUT2D eigenvalue weighted by Crippen LogP contribution is -2.22. The van der Waals surface area contributed by atoms with Gasteiger partial charge in [0.05, 0.1) is 25.4 Å². The minimum absolute atomic E-state index is 0.272. The Bertz CT molecular complexity index is 496. The number of nitrogens with zero attached hydrogens (tertiary/aromatic N) is 2. The third-order valence-electron chi connectivity index (χ3n) is 3.68. The molecule has 102 valence electrons. The van der Waals surface area contributed by atoms with Gasteiger partial charge in [0, 0.05) is 17.7 Å². The van der Waals surface area contributed by atoms with Crippen LogP contribution in [0.15, 0.2) is 17.1 Å². The molecular formula is C14H18N2O3. The second-order valence-electron chi connectivity index (χ2n) is 4.95. The molecule has 0 saturated heterocycles. The van der Waals surface area contributed by atoms with Crippen molar-refractivity contribution in [1.29, 1.82) is 0 Å². The molecule has 0 unspecified atom stereocenters. The van der Waals surface area contributed by atoms with Gasteiger partial charge in [0.2, 0.25) is 0 Å². The molecule has 1 N–H and O–H groups in total. The molecule has 2 aliphatic rings. The van der Waals surface area contributed by atoms with Gasteiger partial charge in [-0.2, -0.15) is 0 Å². The fourth-order valence-electron chi connectivity index (χ4n) is 2.65. The van der Waals surface area contributed by atoms with Crippen LogP contribution in [0.3, 0.4) is 0 Å². The highest BCUT2D eigenvalue weighted by molar-refractivity contribution is 5.82. The summed E-state index contributed by atoms with van der Waals surface area (Å²) in [6.45, 7) is 0.526. The number of hydroxylamine groups is 1. The third-order valence-corrected chi connectivity index (χ3v) is 3.68. The van der Waals surface area contributed by atoms with Crippen LogP contribution >= 0.6 is 0 Å². The smallest absolute Gasteiger partial charge is 0.130 e. The quantitative estimate of drug-likeness (QED) is 0.910. The van der Waals surface area contributed by atoms with Crippen molar-refractivity contribution in [3.63, 3.8) is 0 Å². The average Bonchev–Trinajstić information content (AvgIpc) is 2.92. The average molecular weight is 262 g/mol. The minimum Gasteiger partial charge on any atom is -0.497 e. The largest absolute Gasteiger partial charge is 0.497 e. The molecule has 1 fully saturated rings. The summed E-state index contributed by atoms with van der Waals surface area (Å²) < 4.78 is 11.3. The van der Waals surface area contributed by atoms with Crippen LogP contribution in [0.4, 0.5) is 5.69 Å². The predicted octanol–water partition coefficient (Wildman–Crippen LogP) is 2.75. The molecule has 1 saturated carbocycles. The molecule has 1 heterocycles. The van der Waals surface area contributed by atoms with E-state index in [1.807, 2.05) is 6.07 Å². The molecule has 0 bridgehead atoms. The monoisotopic (exact) mass is 262 g/mol. The van der Waals surface area contributed by atoms with E-state index in [0.29, 0.717) is 18.0 Å². The molecule has 0 atom stereocenters. The van der Waals surface area contributed by atoms with Gasteiger partial charge in [0.1, 0.15) is 17.8 Å². The number of methoxy groups -OCH3 is 1. The number of fused-ring (bicyclic) bond motifs is 1. The summed E-state index contributed by atoms with van der Waals surface area (Å²) in [6.07, 6.45) is 6.31. The number of hydrogen-bond acceptors (Lipinski definition) is 5. The summed E-state index contributed by atoms with van der Waals surface area (Å²) in [5.74, 6) is 1.46. The molecule has 1 aliphatic carbocycles. The molecular weight excluding hydrogens is 244 g/mol. The molecule has 5 nitrogen and oxygen atoms in total. The molecule has 1 aliphatic heterocycles. The first-order valence-electron chi connectivity index (χ1n) is 6.63. The van der Waals surface area contributed by atoms with Gasteiger partial charge in [-0.3, -0.25) is 10.2 Å². The Morgan fingerprint density at radius 1 is 1.32 bits per heavy atom. The van der Waals surface area contributed by atoms with Crippen LogP contribution in [0, 0.1) is 0 Å². The van der Waals surface area contributed by atoms with E-state index < -0.39 is 0 Å². The summed E-state index contributed by atoms with van der Waals surface area (Å²) in [4.78, 5) is 4.12. The first kappa shape index (κ1) is 12.3. The van der Waals surface area contributed by atoms with Crippen LogP contribution in [-0.2, 0) is 6.54 Å². The zero-order valence-electron chi connectivity index (χ0n) is 11.0. The van der Waals surface area contributed by atoms with Gasteiger partial charge >= 0.3 is 0 Å². The molecule has 0 spiro atoms. The van der Waals surface area contributed by atoms with Crippen molar-refractivity contribution in [2.75, 3.05) is 12.2 Å². The summed E-state index contributed by atoms with van der Waals surface area (Å²) in [6, 6.07) is 3.67. The maximum Gasteiger partial charge on any atom is 0.130 e. The van der Waals surface area contributed by atoms with Gasteiger partial charge in [-0.25, -0.2) is 5.06 Å². The van der Waals surface area contributed by atoms with Crippen LogP contribution in [0.1, 0.15) is 31.2 Å². The molecule has 3 rings (SSSR count). The topological polar surface area (TPSA) is 54.3 Å². The fraction of sp³-hybridized carbons (Fsp3) is 0.500. The van der Waals surface area contributed by atoms with Crippen molar-refractivity contribution in [2.45, 2.75) is 38.3 Å². The SMILES string of the molecule is COc1cc(OC2CCCC2)c2c(c1)N(O)C=NC2. The van der Waals surface area contributed by atoms with E-state index in [4.69, 9.17) is 9.47 Å². The van der Waals surface area contributed by atoms with E-state index in [2.05, 4.69) is 4.99 Å². The van der Waals surface area contributed by atoms with Gasteiger partial charge in [0.25, 0.3) is 0 Å².